The fourth-order valence-electron chi connectivity index (χ4n) is 4.09. The number of rotatable bonds is 8. The minimum Gasteiger partial charge on any atom is -0.497 e. The molecule has 0 aliphatic carbocycles. The maximum absolute atomic E-state index is 13.0. The Bertz CT molecular complexity index is 1560. The van der Waals surface area contributed by atoms with Crippen molar-refractivity contribution in [2.45, 2.75) is 0 Å². The van der Waals surface area contributed by atoms with Crippen LogP contribution >= 0.6 is 0 Å². The van der Waals surface area contributed by atoms with E-state index in [1.54, 1.807) is 43.2 Å². The Balaban J connectivity index is 1.43. The second-order valence-corrected chi connectivity index (χ2v) is 8.41. The van der Waals surface area contributed by atoms with Crippen molar-refractivity contribution in [1.29, 1.82) is 0 Å². The monoisotopic (exact) mass is 502 g/mol. The van der Waals surface area contributed by atoms with Gasteiger partial charge in [0.1, 0.15) is 11.5 Å². The lowest BCUT2D eigenvalue weighted by molar-refractivity contribution is 0.0949. The highest BCUT2D eigenvalue weighted by Gasteiger charge is 2.17. The van der Waals surface area contributed by atoms with Crippen LogP contribution < -0.4 is 14.9 Å². The van der Waals surface area contributed by atoms with Crippen LogP contribution in [0, 0.1) is 0 Å². The molecule has 38 heavy (non-hydrogen) atoms. The molecule has 188 valence electrons. The summed E-state index contributed by atoms with van der Waals surface area (Å²) in [7, 11) is 3.15. The molecule has 0 radical (unpaired) electrons. The molecule has 5 rings (SSSR count). The predicted molar refractivity (Wildman–Crippen MR) is 149 cm³/mol. The first-order valence-corrected chi connectivity index (χ1v) is 12.0. The molecule has 0 unspecified atom stereocenters. The first-order valence-electron chi connectivity index (χ1n) is 12.0. The van der Waals surface area contributed by atoms with Crippen LogP contribution in [-0.2, 0) is 0 Å². The van der Waals surface area contributed by atoms with Gasteiger partial charge in [-0.3, -0.25) is 4.79 Å². The van der Waals surface area contributed by atoms with Crippen molar-refractivity contribution < 1.29 is 14.3 Å². The van der Waals surface area contributed by atoms with E-state index in [1.807, 2.05) is 60.7 Å². The number of carbonyl (C=O) groups is 1. The second kappa shape index (κ2) is 11.3. The number of nitrogens with one attached hydrogen (secondary N) is 1. The van der Waals surface area contributed by atoms with Crippen molar-refractivity contribution in [1.82, 2.24) is 15.2 Å². The van der Waals surface area contributed by atoms with Crippen molar-refractivity contribution >= 4 is 12.1 Å². The molecule has 0 bridgehead atoms. The van der Waals surface area contributed by atoms with E-state index in [2.05, 4.69) is 39.9 Å². The molecule has 0 atom stereocenters. The Morgan fingerprint density at radius 3 is 2.13 bits per heavy atom. The first kappa shape index (κ1) is 24.5. The fourth-order valence-corrected chi connectivity index (χ4v) is 4.09. The molecule has 1 aromatic heterocycles. The number of aromatic nitrogens is 2. The van der Waals surface area contributed by atoms with Gasteiger partial charge in [-0.1, -0.05) is 72.8 Å². The summed E-state index contributed by atoms with van der Waals surface area (Å²) in [5.74, 6) is 0.835. The van der Waals surface area contributed by atoms with Gasteiger partial charge in [-0.05, 0) is 47.5 Å². The van der Waals surface area contributed by atoms with Crippen LogP contribution in [0.4, 0.5) is 0 Å². The molecule has 1 heterocycles. The summed E-state index contributed by atoms with van der Waals surface area (Å²) in [5.41, 5.74) is 8.30. The summed E-state index contributed by atoms with van der Waals surface area (Å²) in [5, 5.41) is 8.73. The van der Waals surface area contributed by atoms with E-state index in [1.165, 1.54) is 6.21 Å². The standard InChI is InChI=1S/C31H26N4O3/c1-37-27-17-18-30(38-2)25(19-27)21-32-33-31(36)28-20-29(35(34-28)26-11-7-4-8-12-26)24-15-13-23(14-16-24)22-9-5-3-6-10-22/h3-21H,1-2H3,(H,33,36)/b32-21-. The fraction of sp³-hybridized carbons (Fsp3) is 0.0645. The molecule has 0 aliphatic heterocycles. The average molecular weight is 503 g/mol. The maximum atomic E-state index is 13.0. The number of nitrogens with zero attached hydrogens (tertiary/aromatic N) is 3. The molecule has 4 aromatic carbocycles. The van der Waals surface area contributed by atoms with Crippen molar-refractivity contribution in [3.63, 3.8) is 0 Å². The van der Waals surface area contributed by atoms with Crippen molar-refractivity contribution in [3.8, 4) is 39.6 Å². The van der Waals surface area contributed by atoms with Gasteiger partial charge in [0, 0.05) is 11.1 Å². The highest BCUT2D eigenvalue weighted by molar-refractivity contribution is 5.94. The van der Waals surface area contributed by atoms with Crippen LogP contribution in [0.5, 0.6) is 11.5 Å². The molecule has 1 N–H and O–H groups in total. The average Bonchev–Trinajstić information content (AvgIpc) is 3.44. The van der Waals surface area contributed by atoms with E-state index < -0.39 is 5.91 Å². The molecule has 7 heteroatoms. The van der Waals surface area contributed by atoms with Gasteiger partial charge in [0.2, 0.25) is 0 Å². The Labute approximate surface area is 221 Å². The summed E-state index contributed by atoms with van der Waals surface area (Å²) < 4.78 is 12.4. The van der Waals surface area contributed by atoms with Crippen LogP contribution in [0.3, 0.4) is 0 Å². The smallest absolute Gasteiger partial charge is 0.291 e. The van der Waals surface area contributed by atoms with Crippen LogP contribution in [0.25, 0.3) is 28.1 Å². The van der Waals surface area contributed by atoms with Gasteiger partial charge in [0.15, 0.2) is 5.69 Å². The van der Waals surface area contributed by atoms with Gasteiger partial charge in [0.25, 0.3) is 5.91 Å². The Morgan fingerprint density at radius 1 is 0.789 bits per heavy atom. The predicted octanol–water partition coefficient (Wildman–Crippen LogP) is 5.99. The summed E-state index contributed by atoms with van der Waals surface area (Å²) in [6.07, 6.45) is 1.51. The van der Waals surface area contributed by atoms with Gasteiger partial charge < -0.3 is 9.47 Å². The summed E-state index contributed by atoms with van der Waals surface area (Å²) in [6, 6.07) is 35.2. The van der Waals surface area contributed by atoms with Gasteiger partial charge in [-0.2, -0.15) is 10.2 Å². The molecule has 5 aromatic rings. The van der Waals surface area contributed by atoms with Crippen molar-refractivity contribution in [3.05, 3.63) is 120 Å². The minimum atomic E-state index is -0.431. The maximum Gasteiger partial charge on any atom is 0.291 e. The van der Waals surface area contributed by atoms with E-state index in [0.29, 0.717) is 17.1 Å². The van der Waals surface area contributed by atoms with Crippen LogP contribution in [0.1, 0.15) is 16.1 Å². The van der Waals surface area contributed by atoms with E-state index in [0.717, 1.165) is 28.1 Å². The van der Waals surface area contributed by atoms with Crippen LogP contribution in [0.15, 0.2) is 114 Å². The number of ether oxygens (including phenoxy) is 2. The molecule has 0 aliphatic rings. The molecule has 0 saturated heterocycles. The van der Waals surface area contributed by atoms with Crippen molar-refractivity contribution in [2.75, 3.05) is 14.2 Å². The number of carbonyl (C=O) groups excluding carboxylic acids is 1. The largest absolute Gasteiger partial charge is 0.497 e. The quantitative estimate of drug-likeness (QED) is 0.209. The Morgan fingerprint density at radius 2 is 1.45 bits per heavy atom. The lowest BCUT2D eigenvalue weighted by Crippen LogP contribution is -2.18. The van der Waals surface area contributed by atoms with E-state index >= 15 is 0 Å². The number of amides is 1. The molecule has 0 saturated carbocycles. The molecule has 1 amide bonds. The number of hydrogen-bond donors (Lipinski definition) is 1. The molecular formula is C31H26N4O3. The third kappa shape index (κ3) is 5.32. The zero-order valence-corrected chi connectivity index (χ0v) is 21.0. The number of benzene rings is 4. The first-order chi connectivity index (χ1) is 18.7. The van der Waals surface area contributed by atoms with E-state index in [4.69, 9.17) is 9.47 Å². The molecular weight excluding hydrogens is 476 g/mol. The van der Waals surface area contributed by atoms with Gasteiger partial charge in [-0.15, -0.1) is 0 Å². The number of hydrazone groups is 1. The zero-order valence-electron chi connectivity index (χ0n) is 21.0. The van der Waals surface area contributed by atoms with Gasteiger partial charge in [-0.25, -0.2) is 10.1 Å². The lowest BCUT2D eigenvalue weighted by Gasteiger charge is -2.08. The zero-order chi connectivity index (χ0) is 26.3. The van der Waals surface area contributed by atoms with Gasteiger partial charge in [0.05, 0.1) is 31.8 Å². The minimum absolute atomic E-state index is 0.241. The Kier molecular flexibility index (Phi) is 7.27. The topological polar surface area (TPSA) is 77.7 Å². The van der Waals surface area contributed by atoms with Gasteiger partial charge >= 0.3 is 0 Å². The SMILES string of the molecule is COc1ccc(OC)c(/C=N\NC(=O)c2cc(-c3ccc(-c4ccccc4)cc3)n(-c3ccccc3)n2)c1. The number of para-hydroxylation sites is 1. The highest BCUT2D eigenvalue weighted by Crippen LogP contribution is 2.28. The van der Waals surface area contributed by atoms with Crippen molar-refractivity contribution in [2.24, 2.45) is 5.10 Å². The third-order valence-corrected chi connectivity index (χ3v) is 6.04. The molecule has 0 fully saturated rings. The summed E-state index contributed by atoms with van der Waals surface area (Å²) in [6.45, 7) is 0. The number of hydrogen-bond acceptors (Lipinski definition) is 5. The van der Waals surface area contributed by atoms with E-state index in [9.17, 15) is 4.79 Å². The molecule has 0 spiro atoms. The normalized spacial score (nSPS) is 10.9. The summed E-state index contributed by atoms with van der Waals surface area (Å²) in [4.78, 5) is 13.0. The number of methoxy groups -OCH3 is 2. The second-order valence-electron chi connectivity index (χ2n) is 8.41. The molecule has 7 nitrogen and oxygen atoms in total. The van der Waals surface area contributed by atoms with E-state index in [-0.39, 0.29) is 5.69 Å². The highest BCUT2D eigenvalue weighted by atomic mass is 16.5. The third-order valence-electron chi connectivity index (χ3n) is 6.04. The van der Waals surface area contributed by atoms with Crippen LogP contribution in [-0.4, -0.2) is 36.1 Å². The lowest BCUT2D eigenvalue weighted by atomic mass is 10.0. The van der Waals surface area contributed by atoms with Crippen LogP contribution in [0.2, 0.25) is 0 Å². The summed E-state index contributed by atoms with van der Waals surface area (Å²) >= 11 is 0. The Hall–Kier alpha value is -5.17.